The molecule has 12 heteroatoms. The SMILES string of the molecule is [CH2]CC([Si](OC)(OC)OC)([Si](OC)(OC)OC)[Si](OC)(OC)OC. The summed E-state index contributed by atoms with van der Waals surface area (Å²) in [6.07, 6.45) is 0.151. The summed E-state index contributed by atoms with van der Waals surface area (Å²) in [5.74, 6) is 0. The van der Waals surface area contributed by atoms with Gasteiger partial charge in [-0.1, -0.05) is 6.92 Å². The molecular weight excluding hydrogens is 372 g/mol. The van der Waals surface area contributed by atoms with Crippen molar-refractivity contribution in [1.29, 1.82) is 0 Å². The van der Waals surface area contributed by atoms with E-state index in [9.17, 15) is 0 Å². The van der Waals surface area contributed by atoms with Gasteiger partial charge in [0, 0.05) is 64.0 Å². The largest absolute Gasteiger partial charge is 0.515 e. The normalized spacial score (nSPS) is 14.2. The van der Waals surface area contributed by atoms with Crippen LogP contribution in [0.2, 0.25) is 4.28 Å². The van der Waals surface area contributed by atoms with Crippen LogP contribution in [0.25, 0.3) is 0 Å². The molecule has 0 bridgehead atoms. The summed E-state index contributed by atoms with van der Waals surface area (Å²) in [7, 11) is 2.54. The molecule has 145 valence electrons. The van der Waals surface area contributed by atoms with Gasteiger partial charge in [0.05, 0.1) is 0 Å². The first kappa shape index (κ1) is 24.3. The Labute approximate surface area is 148 Å². The van der Waals surface area contributed by atoms with Gasteiger partial charge in [0.2, 0.25) is 0 Å². The van der Waals surface area contributed by atoms with E-state index in [-0.39, 0.29) is 6.42 Å². The second-order valence-corrected chi connectivity index (χ2v) is 15.7. The van der Waals surface area contributed by atoms with E-state index < -0.39 is 30.7 Å². The van der Waals surface area contributed by atoms with Gasteiger partial charge in [-0.3, -0.25) is 0 Å². The van der Waals surface area contributed by atoms with Crippen molar-refractivity contribution in [2.45, 2.75) is 10.7 Å². The van der Waals surface area contributed by atoms with E-state index >= 15 is 0 Å². The molecule has 1 radical (unpaired) electrons. The molecule has 0 aliphatic rings. The van der Waals surface area contributed by atoms with Crippen LogP contribution < -0.4 is 0 Å². The van der Waals surface area contributed by atoms with Crippen LogP contribution in [-0.4, -0.2) is 90.4 Å². The molecular formula is C12H31O9Si3. The van der Waals surface area contributed by atoms with E-state index in [1.54, 1.807) is 0 Å². The van der Waals surface area contributed by atoms with Crippen LogP contribution in [0.15, 0.2) is 0 Å². The van der Waals surface area contributed by atoms with Gasteiger partial charge in [-0.05, 0) is 6.42 Å². The van der Waals surface area contributed by atoms with Gasteiger partial charge in [-0.25, -0.2) is 0 Å². The van der Waals surface area contributed by atoms with Crippen molar-refractivity contribution in [3.05, 3.63) is 6.92 Å². The zero-order chi connectivity index (χ0) is 19.1. The molecule has 0 amide bonds. The van der Waals surface area contributed by atoms with Crippen LogP contribution in [-0.2, 0) is 39.8 Å². The van der Waals surface area contributed by atoms with Gasteiger partial charge >= 0.3 is 26.4 Å². The van der Waals surface area contributed by atoms with E-state index in [0.29, 0.717) is 0 Å². The summed E-state index contributed by atoms with van der Waals surface area (Å²) in [5.41, 5.74) is 0. The van der Waals surface area contributed by atoms with Crippen molar-refractivity contribution in [2.24, 2.45) is 0 Å². The van der Waals surface area contributed by atoms with E-state index in [1.165, 1.54) is 64.0 Å². The van der Waals surface area contributed by atoms with Crippen LogP contribution in [0.4, 0.5) is 0 Å². The summed E-state index contributed by atoms with van der Waals surface area (Å²) < 4.78 is 50.6. The molecule has 0 aromatic carbocycles. The molecule has 0 fully saturated rings. The minimum absolute atomic E-state index is 0.151. The lowest BCUT2D eigenvalue weighted by molar-refractivity contribution is 0.0321. The van der Waals surface area contributed by atoms with Gasteiger partial charge in [-0.2, -0.15) is 0 Å². The van der Waals surface area contributed by atoms with Gasteiger partial charge in [-0.15, -0.1) is 0 Å². The Kier molecular flexibility index (Phi) is 9.96. The third-order valence-corrected chi connectivity index (χ3v) is 18.6. The smallest absolute Gasteiger partial charge is 0.377 e. The predicted molar refractivity (Wildman–Crippen MR) is 93.0 cm³/mol. The molecule has 0 unspecified atom stereocenters. The molecule has 0 aromatic rings. The highest BCUT2D eigenvalue weighted by Crippen LogP contribution is 2.57. The van der Waals surface area contributed by atoms with Crippen molar-refractivity contribution in [2.75, 3.05) is 64.0 Å². The monoisotopic (exact) mass is 403 g/mol. The van der Waals surface area contributed by atoms with Gasteiger partial charge in [0.25, 0.3) is 0 Å². The standard InChI is InChI=1S/C12H31O9Si3/c1-11-12(22(13-2,14-3)15-4,23(16-5,17-6)18-7)24(19-8,20-9)21-10/h1,11H2,2-10H3. The predicted octanol–water partition coefficient (Wildman–Crippen LogP) is 0.664. The molecule has 0 spiro atoms. The molecule has 9 nitrogen and oxygen atoms in total. The van der Waals surface area contributed by atoms with E-state index in [4.69, 9.17) is 39.8 Å². The third-order valence-electron chi connectivity index (χ3n) is 4.36. The fourth-order valence-corrected chi connectivity index (χ4v) is 18.9. The maximum Gasteiger partial charge on any atom is 0.515 e. The first-order chi connectivity index (χ1) is 11.4. The molecule has 0 aromatic heterocycles. The Morgan fingerprint density at radius 3 is 0.750 bits per heavy atom. The van der Waals surface area contributed by atoms with Gasteiger partial charge < -0.3 is 39.8 Å². The zero-order valence-corrected chi connectivity index (χ0v) is 19.1. The first-order valence-electron chi connectivity index (χ1n) is 7.11. The third kappa shape index (κ3) is 3.08. The molecule has 0 saturated heterocycles. The van der Waals surface area contributed by atoms with E-state index in [0.717, 1.165) is 0 Å². The Balaban J connectivity index is 7.11. The highest BCUT2D eigenvalue weighted by atomic mass is 28.5. The van der Waals surface area contributed by atoms with Crippen molar-refractivity contribution in [3.8, 4) is 0 Å². The average Bonchev–Trinajstić information content (AvgIpc) is 2.65. The second kappa shape index (κ2) is 9.84. The highest BCUT2D eigenvalue weighted by Gasteiger charge is 2.87. The summed E-state index contributed by atoms with van der Waals surface area (Å²) in [5, 5.41) is 0. The summed E-state index contributed by atoms with van der Waals surface area (Å²) in [4.78, 5) is 0. The minimum Gasteiger partial charge on any atom is -0.377 e. The Hall–Kier alpha value is 0.291. The molecule has 0 heterocycles. The highest BCUT2D eigenvalue weighted by molar-refractivity contribution is 7.02. The molecule has 0 saturated carbocycles. The lowest BCUT2D eigenvalue weighted by Crippen LogP contribution is -2.80. The zero-order valence-electron chi connectivity index (χ0n) is 16.1. The number of rotatable bonds is 13. The molecule has 0 rings (SSSR count). The fraction of sp³-hybridized carbons (Fsp3) is 0.917. The molecule has 0 N–H and O–H groups in total. The summed E-state index contributed by atoms with van der Waals surface area (Å²) in [6, 6.07) is 0. The Bertz CT molecular complexity index is 285. The molecule has 0 atom stereocenters. The van der Waals surface area contributed by atoms with Crippen LogP contribution in [0.3, 0.4) is 0 Å². The molecule has 24 heavy (non-hydrogen) atoms. The average molecular weight is 404 g/mol. The van der Waals surface area contributed by atoms with E-state index in [2.05, 4.69) is 6.92 Å². The second-order valence-electron chi connectivity index (χ2n) is 4.66. The van der Waals surface area contributed by atoms with Crippen LogP contribution in [0.1, 0.15) is 6.42 Å². The van der Waals surface area contributed by atoms with Crippen molar-refractivity contribution < 1.29 is 39.8 Å². The number of hydrogen-bond donors (Lipinski definition) is 0. The fourth-order valence-electron chi connectivity index (χ4n) is 3.34. The van der Waals surface area contributed by atoms with Crippen molar-refractivity contribution in [3.63, 3.8) is 0 Å². The van der Waals surface area contributed by atoms with E-state index in [1.807, 2.05) is 0 Å². The summed E-state index contributed by atoms with van der Waals surface area (Å²) in [6.45, 7) is 4.07. The Morgan fingerprint density at radius 1 is 0.500 bits per heavy atom. The first-order valence-corrected chi connectivity index (χ1v) is 12.3. The van der Waals surface area contributed by atoms with Crippen molar-refractivity contribution >= 4 is 26.4 Å². The topological polar surface area (TPSA) is 83.1 Å². The lowest BCUT2D eigenvalue weighted by Gasteiger charge is -2.53. The van der Waals surface area contributed by atoms with Gasteiger partial charge in [0.15, 0.2) is 4.28 Å². The Morgan fingerprint density at radius 2 is 0.667 bits per heavy atom. The number of hydrogen-bond acceptors (Lipinski definition) is 9. The van der Waals surface area contributed by atoms with Crippen LogP contribution in [0.5, 0.6) is 0 Å². The lowest BCUT2D eigenvalue weighted by atomic mass is 10.5. The maximum absolute atomic E-state index is 5.76. The van der Waals surface area contributed by atoms with Crippen LogP contribution in [0, 0.1) is 6.92 Å². The maximum atomic E-state index is 5.76. The summed E-state index contributed by atoms with van der Waals surface area (Å²) >= 11 is 0. The molecule has 0 aliphatic heterocycles. The van der Waals surface area contributed by atoms with Crippen LogP contribution >= 0.6 is 0 Å². The quantitative estimate of drug-likeness (QED) is 0.412. The van der Waals surface area contributed by atoms with Crippen molar-refractivity contribution in [1.82, 2.24) is 0 Å². The molecule has 0 aliphatic carbocycles. The minimum atomic E-state index is -3.58. The van der Waals surface area contributed by atoms with Gasteiger partial charge in [0.1, 0.15) is 0 Å².